The molecule has 1 aliphatic heterocycles. The van der Waals surface area contributed by atoms with Crippen molar-refractivity contribution in [3.05, 3.63) is 52.8 Å². The van der Waals surface area contributed by atoms with Gasteiger partial charge in [-0.1, -0.05) is 0 Å². The molecule has 32 heavy (non-hydrogen) atoms. The second-order valence-electron chi connectivity index (χ2n) is 7.15. The summed E-state index contributed by atoms with van der Waals surface area (Å²) in [5, 5.41) is 14.0. The van der Waals surface area contributed by atoms with Crippen LogP contribution in [0.15, 0.2) is 57.5 Å². The minimum atomic E-state index is -0.347. The van der Waals surface area contributed by atoms with Crippen molar-refractivity contribution in [1.29, 1.82) is 0 Å². The van der Waals surface area contributed by atoms with Gasteiger partial charge in [0, 0.05) is 24.3 Å². The van der Waals surface area contributed by atoms with Crippen molar-refractivity contribution in [3.63, 3.8) is 0 Å². The maximum Gasteiger partial charge on any atom is 0.292 e. The number of anilines is 1. The molecular weight excluding hydrogens is 410 g/mol. The fourth-order valence-corrected chi connectivity index (χ4v) is 3.52. The van der Waals surface area contributed by atoms with Crippen LogP contribution in [-0.2, 0) is 4.74 Å². The van der Waals surface area contributed by atoms with Gasteiger partial charge in [-0.25, -0.2) is 0 Å². The van der Waals surface area contributed by atoms with Crippen LogP contribution in [0.5, 0.6) is 11.5 Å². The van der Waals surface area contributed by atoms with E-state index in [1.807, 2.05) is 56.3 Å². The molecule has 9 nitrogen and oxygen atoms in total. The lowest BCUT2D eigenvalue weighted by Crippen LogP contribution is -2.36. The predicted molar refractivity (Wildman–Crippen MR) is 123 cm³/mol. The van der Waals surface area contributed by atoms with E-state index in [0.717, 1.165) is 37.6 Å². The first-order chi connectivity index (χ1) is 15.7. The molecule has 9 heteroatoms. The van der Waals surface area contributed by atoms with Crippen LogP contribution in [0.3, 0.4) is 0 Å². The summed E-state index contributed by atoms with van der Waals surface area (Å²) in [5.41, 5.74) is 2.91. The van der Waals surface area contributed by atoms with E-state index in [9.17, 15) is 4.79 Å². The average Bonchev–Trinajstić information content (AvgIpc) is 3.20. The summed E-state index contributed by atoms with van der Waals surface area (Å²) in [6, 6.07) is 13.3. The fraction of sp³-hybridized carbons (Fsp3) is 0.348. The van der Waals surface area contributed by atoms with Crippen LogP contribution in [0, 0.1) is 0 Å². The zero-order valence-electron chi connectivity index (χ0n) is 18.3. The summed E-state index contributed by atoms with van der Waals surface area (Å²) < 4.78 is 16.7. The second-order valence-corrected chi connectivity index (χ2v) is 7.15. The molecule has 1 fully saturated rings. The molecule has 3 aromatic rings. The van der Waals surface area contributed by atoms with Gasteiger partial charge in [-0.05, 0) is 56.3 Å². The molecule has 4 rings (SSSR count). The number of H-pyrrole nitrogens is 2. The second kappa shape index (κ2) is 10.1. The van der Waals surface area contributed by atoms with Gasteiger partial charge in [-0.15, -0.1) is 5.11 Å². The molecule has 0 unspecified atom stereocenters. The van der Waals surface area contributed by atoms with Gasteiger partial charge in [0.15, 0.2) is 17.2 Å². The SMILES string of the molecule is CCOc1ccc(-c2[nH][nH]c(=O)c2N=Nc2ccc(N3CCOCC3)cc2)cc1OCC. The van der Waals surface area contributed by atoms with Crippen LogP contribution in [-0.4, -0.2) is 49.7 Å². The molecular formula is C23H27N5O4. The lowest BCUT2D eigenvalue weighted by molar-refractivity contribution is 0.122. The monoisotopic (exact) mass is 437 g/mol. The van der Waals surface area contributed by atoms with Crippen molar-refractivity contribution in [3.8, 4) is 22.8 Å². The van der Waals surface area contributed by atoms with Crippen LogP contribution in [0.4, 0.5) is 17.1 Å². The van der Waals surface area contributed by atoms with Crippen molar-refractivity contribution < 1.29 is 14.2 Å². The van der Waals surface area contributed by atoms with Crippen LogP contribution in [0.1, 0.15) is 13.8 Å². The number of aromatic nitrogens is 2. The normalized spacial score (nSPS) is 14.1. The van der Waals surface area contributed by atoms with E-state index in [1.54, 1.807) is 0 Å². The standard InChI is InChI=1S/C23H27N5O4/c1-3-31-19-10-5-16(15-20(19)32-4-2)21-22(23(29)27-25-21)26-24-17-6-8-18(9-7-17)28-11-13-30-14-12-28/h5-10,15H,3-4,11-14H2,1-2H3,(H2,25,27,29). The number of ether oxygens (including phenoxy) is 3. The summed E-state index contributed by atoms with van der Waals surface area (Å²) >= 11 is 0. The number of aromatic amines is 2. The van der Waals surface area contributed by atoms with E-state index in [-0.39, 0.29) is 11.2 Å². The molecule has 0 radical (unpaired) electrons. The molecule has 0 spiro atoms. The molecule has 2 N–H and O–H groups in total. The Hall–Kier alpha value is -3.59. The van der Waals surface area contributed by atoms with Crippen LogP contribution in [0.2, 0.25) is 0 Å². The maximum atomic E-state index is 12.4. The first-order valence-corrected chi connectivity index (χ1v) is 10.7. The van der Waals surface area contributed by atoms with Crippen molar-refractivity contribution in [2.75, 3.05) is 44.4 Å². The van der Waals surface area contributed by atoms with E-state index < -0.39 is 0 Å². The number of benzene rings is 2. The smallest absolute Gasteiger partial charge is 0.292 e. The number of nitrogens with one attached hydrogen (secondary N) is 2. The fourth-order valence-electron chi connectivity index (χ4n) is 3.52. The van der Waals surface area contributed by atoms with Crippen molar-refractivity contribution in [1.82, 2.24) is 10.2 Å². The summed E-state index contributed by atoms with van der Waals surface area (Å²) in [6.45, 7) is 8.06. The maximum absolute atomic E-state index is 12.4. The molecule has 1 aromatic heterocycles. The van der Waals surface area contributed by atoms with Gasteiger partial charge in [-0.3, -0.25) is 15.0 Å². The summed E-state index contributed by atoms with van der Waals surface area (Å²) in [7, 11) is 0. The average molecular weight is 438 g/mol. The molecule has 0 aliphatic carbocycles. The largest absolute Gasteiger partial charge is 0.490 e. The van der Waals surface area contributed by atoms with E-state index in [2.05, 4.69) is 25.3 Å². The topological polar surface area (TPSA) is 104 Å². The van der Waals surface area contributed by atoms with Crippen molar-refractivity contribution in [2.45, 2.75) is 13.8 Å². The van der Waals surface area contributed by atoms with E-state index in [4.69, 9.17) is 14.2 Å². The summed E-state index contributed by atoms with van der Waals surface area (Å²) in [5.74, 6) is 1.26. The van der Waals surface area contributed by atoms with E-state index in [0.29, 0.717) is 36.1 Å². The molecule has 1 saturated heterocycles. The zero-order chi connectivity index (χ0) is 22.3. The van der Waals surface area contributed by atoms with Gasteiger partial charge >= 0.3 is 0 Å². The van der Waals surface area contributed by atoms with Gasteiger partial charge in [0.1, 0.15) is 0 Å². The van der Waals surface area contributed by atoms with Crippen molar-refractivity contribution in [2.24, 2.45) is 10.2 Å². The van der Waals surface area contributed by atoms with Crippen LogP contribution >= 0.6 is 0 Å². The lowest BCUT2D eigenvalue weighted by Gasteiger charge is -2.28. The highest BCUT2D eigenvalue weighted by Crippen LogP contribution is 2.35. The minimum Gasteiger partial charge on any atom is -0.490 e. The lowest BCUT2D eigenvalue weighted by atomic mass is 10.1. The summed E-state index contributed by atoms with van der Waals surface area (Å²) in [6.07, 6.45) is 0. The third-order valence-corrected chi connectivity index (χ3v) is 5.08. The number of hydrogen-bond acceptors (Lipinski definition) is 7. The Labute approximate surface area is 186 Å². The third-order valence-electron chi connectivity index (χ3n) is 5.08. The van der Waals surface area contributed by atoms with Gasteiger partial charge in [0.05, 0.1) is 37.8 Å². The highest BCUT2D eigenvalue weighted by atomic mass is 16.5. The van der Waals surface area contributed by atoms with Gasteiger partial charge in [-0.2, -0.15) is 5.11 Å². The number of rotatable bonds is 8. The number of hydrogen-bond donors (Lipinski definition) is 2. The van der Waals surface area contributed by atoms with Gasteiger partial charge in [0.2, 0.25) is 0 Å². The Balaban J connectivity index is 1.57. The minimum absolute atomic E-state index is 0.203. The number of morpholine rings is 1. The van der Waals surface area contributed by atoms with E-state index in [1.165, 1.54) is 0 Å². The molecule has 1 aliphatic rings. The highest BCUT2D eigenvalue weighted by Gasteiger charge is 2.15. The molecule has 0 saturated carbocycles. The van der Waals surface area contributed by atoms with Crippen LogP contribution in [0.25, 0.3) is 11.3 Å². The Bertz CT molecular complexity index is 1110. The Kier molecular flexibility index (Phi) is 6.86. The quantitative estimate of drug-likeness (QED) is 0.508. The van der Waals surface area contributed by atoms with E-state index >= 15 is 0 Å². The highest BCUT2D eigenvalue weighted by molar-refractivity contribution is 5.73. The van der Waals surface area contributed by atoms with Crippen molar-refractivity contribution >= 4 is 17.1 Å². The molecule has 0 amide bonds. The number of azo groups is 1. The first kappa shape index (κ1) is 21.6. The third kappa shape index (κ3) is 4.83. The van der Waals surface area contributed by atoms with Gasteiger partial charge < -0.3 is 19.1 Å². The summed E-state index contributed by atoms with van der Waals surface area (Å²) in [4.78, 5) is 14.6. The van der Waals surface area contributed by atoms with Gasteiger partial charge in [0.25, 0.3) is 5.56 Å². The molecule has 2 aromatic carbocycles. The zero-order valence-corrected chi connectivity index (χ0v) is 18.3. The molecule has 0 atom stereocenters. The Morgan fingerprint density at radius 1 is 0.938 bits per heavy atom. The predicted octanol–water partition coefficient (Wildman–Crippen LogP) is 4.42. The van der Waals surface area contributed by atoms with Crippen LogP contribution < -0.4 is 19.9 Å². The molecule has 0 bridgehead atoms. The Morgan fingerprint density at radius 2 is 1.66 bits per heavy atom. The molecule has 2 heterocycles. The Morgan fingerprint density at radius 3 is 2.38 bits per heavy atom. The first-order valence-electron chi connectivity index (χ1n) is 10.7. The molecule has 168 valence electrons. The number of nitrogens with zero attached hydrogens (tertiary/aromatic N) is 3.